The minimum atomic E-state index is -0.107. The largest absolute Gasteiger partial charge is 0.455 e. The lowest BCUT2D eigenvalue weighted by Crippen LogP contribution is -2.12. The Morgan fingerprint density at radius 1 is 0.453 bits per heavy atom. The summed E-state index contributed by atoms with van der Waals surface area (Å²) >= 11 is 2.44. The molecule has 12 aromatic rings. The van der Waals surface area contributed by atoms with Crippen molar-refractivity contribution in [3.63, 3.8) is 0 Å². The first kappa shape index (κ1) is 48.1. The molecule has 12 rings (SSSR count). The average molecular weight is 1090 g/mol. The van der Waals surface area contributed by atoms with E-state index in [0.29, 0.717) is 34.9 Å². The number of fused-ring (bicyclic) bond motifs is 7. The van der Waals surface area contributed by atoms with Crippen LogP contribution in [0.15, 0.2) is 180 Å². The van der Waals surface area contributed by atoms with Gasteiger partial charge in [-0.3, -0.25) is 0 Å². The van der Waals surface area contributed by atoms with Crippen LogP contribution < -0.4 is 0 Å². The van der Waals surface area contributed by atoms with E-state index in [9.17, 15) is 0 Å². The summed E-state index contributed by atoms with van der Waals surface area (Å²) in [4.78, 5) is 32.1. The van der Waals surface area contributed by atoms with Crippen molar-refractivity contribution in [1.82, 2.24) is 34.5 Å². The summed E-state index contributed by atoms with van der Waals surface area (Å²) in [5.74, 6) is 3.47. The molecule has 4 heterocycles. The fraction of sp³-hybridized carbons (Fsp3) is 0.182. The third kappa shape index (κ3) is 9.39. The predicted molar refractivity (Wildman–Crippen MR) is 316 cm³/mol. The van der Waals surface area contributed by atoms with Crippen molar-refractivity contribution < 1.29 is 4.42 Å². The molecule has 8 aromatic carbocycles. The number of benzene rings is 8. The van der Waals surface area contributed by atoms with Gasteiger partial charge in [0.05, 0.1) is 22.1 Å². The molecular weight excluding hydrogens is 1030 g/mol. The van der Waals surface area contributed by atoms with Gasteiger partial charge in [0.15, 0.2) is 34.9 Å². The van der Waals surface area contributed by atoms with E-state index in [2.05, 4.69) is 165 Å². The maximum atomic E-state index is 6.78. The maximum Gasteiger partial charge on any atom is 0.166 e. The van der Waals surface area contributed by atoms with Gasteiger partial charge in [0.2, 0.25) is 0 Å². The van der Waals surface area contributed by atoms with Crippen molar-refractivity contribution in [3.05, 3.63) is 196 Å². The molecule has 0 saturated heterocycles. The van der Waals surface area contributed by atoms with E-state index in [0.717, 1.165) is 125 Å². The van der Waals surface area contributed by atoms with Gasteiger partial charge in [-0.25, -0.2) is 29.9 Å². The summed E-state index contributed by atoms with van der Waals surface area (Å²) in [7, 11) is 0. The highest BCUT2D eigenvalue weighted by Crippen LogP contribution is 2.43. The Kier molecular flexibility index (Phi) is 12.9. The highest BCUT2D eigenvalue weighted by Gasteiger charge is 2.25. The summed E-state index contributed by atoms with van der Waals surface area (Å²) in [6, 6.07) is 61.7. The number of hydrogen-bond acceptors (Lipinski definition) is 7. The number of halogens is 1. The van der Waals surface area contributed by atoms with Gasteiger partial charge < -0.3 is 8.98 Å². The van der Waals surface area contributed by atoms with Crippen molar-refractivity contribution in [2.24, 2.45) is 0 Å². The Morgan fingerprint density at radius 3 is 1.64 bits per heavy atom. The van der Waals surface area contributed by atoms with Gasteiger partial charge in [0.1, 0.15) is 11.2 Å². The lowest BCUT2D eigenvalue weighted by atomic mass is 9.84. The normalized spacial score (nSPS) is 11.9. The van der Waals surface area contributed by atoms with Crippen LogP contribution in [0.5, 0.6) is 0 Å². The number of nitrogens with zero attached hydrogens (tertiary/aromatic N) is 7. The van der Waals surface area contributed by atoms with E-state index in [1.165, 1.54) is 16.7 Å². The maximum absolute atomic E-state index is 6.78. The van der Waals surface area contributed by atoms with Gasteiger partial charge in [-0.1, -0.05) is 151 Å². The number of aryl methyl sites for hydroxylation is 2. The van der Waals surface area contributed by atoms with Gasteiger partial charge in [-0.05, 0) is 143 Å². The minimum Gasteiger partial charge on any atom is -0.455 e. The smallest absolute Gasteiger partial charge is 0.166 e. The second kappa shape index (κ2) is 20.1. The van der Waals surface area contributed by atoms with E-state index < -0.39 is 0 Å². The molecule has 9 heteroatoms. The van der Waals surface area contributed by atoms with Crippen LogP contribution in [-0.4, -0.2) is 34.5 Å². The number of rotatable bonds is 13. The van der Waals surface area contributed by atoms with Gasteiger partial charge in [-0.15, -0.1) is 0 Å². The van der Waals surface area contributed by atoms with Crippen LogP contribution in [-0.2, 0) is 18.3 Å². The van der Waals surface area contributed by atoms with Crippen molar-refractivity contribution in [2.75, 3.05) is 0 Å². The molecule has 0 aliphatic heterocycles. The first-order chi connectivity index (χ1) is 36.6. The molecule has 0 saturated carbocycles. The third-order valence-corrected chi connectivity index (χ3v) is 14.8. The number of hydrogen-bond donors (Lipinski definition) is 0. The predicted octanol–water partition coefficient (Wildman–Crippen LogP) is 17.6. The molecule has 0 spiro atoms. The van der Waals surface area contributed by atoms with Crippen LogP contribution in [0.3, 0.4) is 0 Å². The number of aromatic nitrogens is 7. The van der Waals surface area contributed by atoms with E-state index in [4.69, 9.17) is 34.3 Å². The molecule has 368 valence electrons. The first-order valence-corrected chi connectivity index (χ1v) is 27.2. The summed E-state index contributed by atoms with van der Waals surface area (Å²) in [5.41, 5.74) is 13.6. The van der Waals surface area contributed by atoms with E-state index >= 15 is 0 Å². The molecule has 0 N–H and O–H groups in total. The van der Waals surface area contributed by atoms with Crippen molar-refractivity contribution in [3.8, 4) is 74.0 Å². The average Bonchev–Trinajstić information content (AvgIpc) is 4.00. The highest BCUT2D eigenvalue weighted by atomic mass is 127. The molecule has 0 fully saturated rings. The standard InChI is InChI=1S/C66H56IN7O/c1-6-8-20-41-34-46(38-48(36-41)66(3,4)5)63-71-64(47-35-42(21-9-7-2)37-49(67)39-47)73-65(72-63)53-40-45(62-69-60(43-22-12-10-13-23-43)68-61(70-62)44-24-14-11-15-25-44)30-32-55(53)74-54-28-18-16-27-52(54)58-56(74)33-31-51-50-26-17-19-29-57(50)75-59(51)58/h10-19,22-40H,6-9,20-21H2,1-5H3. The monoisotopic (exact) mass is 1090 g/mol. The first-order valence-electron chi connectivity index (χ1n) is 26.2. The van der Waals surface area contributed by atoms with Gasteiger partial charge >= 0.3 is 0 Å². The molecule has 75 heavy (non-hydrogen) atoms. The molecule has 0 radical (unpaired) electrons. The second-order valence-corrected chi connectivity index (χ2v) is 21.8. The lowest BCUT2D eigenvalue weighted by Gasteiger charge is -2.21. The Morgan fingerprint density at radius 2 is 1.00 bits per heavy atom. The summed E-state index contributed by atoms with van der Waals surface area (Å²) in [5, 5.41) is 4.29. The number of unbranched alkanes of at least 4 members (excludes halogenated alkanes) is 2. The second-order valence-electron chi connectivity index (χ2n) is 20.6. The lowest BCUT2D eigenvalue weighted by molar-refractivity contribution is 0.589. The fourth-order valence-corrected chi connectivity index (χ4v) is 11.1. The zero-order valence-electron chi connectivity index (χ0n) is 42.9. The summed E-state index contributed by atoms with van der Waals surface area (Å²) in [6.07, 6.45) is 6.34. The number of para-hydroxylation sites is 2. The Balaban J connectivity index is 1.17. The van der Waals surface area contributed by atoms with E-state index in [-0.39, 0.29) is 5.41 Å². The van der Waals surface area contributed by atoms with E-state index in [1.807, 2.05) is 72.8 Å². The quantitative estimate of drug-likeness (QED) is 0.106. The van der Waals surface area contributed by atoms with E-state index in [1.54, 1.807) is 0 Å². The van der Waals surface area contributed by atoms with Crippen molar-refractivity contribution >= 4 is 66.3 Å². The van der Waals surface area contributed by atoms with Crippen LogP contribution in [0.1, 0.15) is 77.0 Å². The highest BCUT2D eigenvalue weighted by molar-refractivity contribution is 14.1. The fourth-order valence-electron chi connectivity index (χ4n) is 10.3. The summed E-state index contributed by atoms with van der Waals surface area (Å²) < 4.78 is 10.3. The molecule has 0 amide bonds. The Labute approximate surface area is 451 Å². The van der Waals surface area contributed by atoms with Crippen molar-refractivity contribution in [2.45, 2.75) is 78.6 Å². The molecule has 0 atom stereocenters. The molecule has 4 aromatic heterocycles. The van der Waals surface area contributed by atoms with Gasteiger partial charge in [0.25, 0.3) is 0 Å². The zero-order valence-corrected chi connectivity index (χ0v) is 45.1. The van der Waals surface area contributed by atoms with Crippen LogP contribution in [0, 0.1) is 3.57 Å². The Bertz CT molecular complexity index is 4040. The van der Waals surface area contributed by atoms with Crippen LogP contribution in [0.25, 0.3) is 118 Å². The van der Waals surface area contributed by atoms with Crippen LogP contribution >= 0.6 is 22.6 Å². The molecular formula is C66H56IN7O. The molecule has 0 unspecified atom stereocenters. The molecule has 8 nitrogen and oxygen atoms in total. The topological polar surface area (TPSA) is 95.4 Å². The van der Waals surface area contributed by atoms with Crippen molar-refractivity contribution in [1.29, 1.82) is 0 Å². The zero-order chi connectivity index (χ0) is 51.2. The summed E-state index contributed by atoms with van der Waals surface area (Å²) in [6.45, 7) is 11.3. The number of furan rings is 1. The molecule has 0 bridgehead atoms. The Hall–Kier alpha value is -7.89. The van der Waals surface area contributed by atoms with Gasteiger partial charge in [0, 0.05) is 53.1 Å². The molecule has 0 aliphatic carbocycles. The van der Waals surface area contributed by atoms with Crippen LogP contribution in [0.4, 0.5) is 0 Å². The minimum absolute atomic E-state index is 0.107. The third-order valence-electron chi connectivity index (χ3n) is 14.2. The van der Waals surface area contributed by atoms with Crippen LogP contribution in [0.2, 0.25) is 0 Å². The van der Waals surface area contributed by atoms with Gasteiger partial charge in [-0.2, -0.15) is 0 Å². The SMILES string of the molecule is CCCCc1cc(I)cc(-c2nc(-c3cc(CCCC)cc(C(C)(C)C)c3)nc(-c3cc(-c4nc(-c5ccccc5)nc(-c5ccccc5)n4)ccc3-n3c4ccccc4c4c5oc6ccccc6c5ccc43)n2)c1. The molecule has 0 aliphatic rings.